The van der Waals surface area contributed by atoms with Crippen LogP contribution in [-0.2, 0) is 28.6 Å². The Morgan fingerprint density at radius 3 is 2.31 bits per heavy atom. The summed E-state index contributed by atoms with van der Waals surface area (Å²) in [6, 6.07) is 8.92. The number of alkyl halides is 3. The molecule has 10 heteroatoms. The van der Waals surface area contributed by atoms with Crippen molar-refractivity contribution in [3.05, 3.63) is 75.3 Å². The van der Waals surface area contributed by atoms with Gasteiger partial charge in [-0.3, -0.25) is 19.7 Å². The van der Waals surface area contributed by atoms with Crippen molar-refractivity contribution >= 4 is 17.6 Å². The Morgan fingerprint density at radius 2 is 1.76 bits per heavy atom. The number of nitro groups is 1. The van der Waals surface area contributed by atoms with E-state index in [2.05, 4.69) is 5.32 Å². The van der Waals surface area contributed by atoms with Crippen molar-refractivity contribution in [1.29, 1.82) is 0 Å². The summed E-state index contributed by atoms with van der Waals surface area (Å²) < 4.78 is 38.3. The Morgan fingerprint density at radius 1 is 1.10 bits per heavy atom. The van der Waals surface area contributed by atoms with Gasteiger partial charge in [-0.25, -0.2) is 0 Å². The Kier molecular flexibility index (Phi) is 6.92. The lowest BCUT2D eigenvalue weighted by atomic mass is 10.0. The van der Waals surface area contributed by atoms with E-state index in [0.717, 1.165) is 12.1 Å². The van der Waals surface area contributed by atoms with Crippen LogP contribution in [0.5, 0.6) is 0 Å². The number of carboxylic acids is 1. The van der Waals surface area contributed by atoms with Crippen molar-refractivity contribution in [3.8, 4) is 0 Å². The van der Waals surface area contributed by atoms with Crippen molar-refractivity contribution in [2.75, 3.05) is 0 Å². The maximum absolute atomic E-state index is 12.8. The quantitative estimate of drug-likeness (QED) is 0.512. The van der Waals surface area contributed by atoms with Gasteiger partial charge in [0.25, 0.3) is 5.69 Å². The molecule has 0 fully saturated rings. The molecule has 1 atom stereocenters. The molecule has 0 aromatic heterocycles. The summed E-state index contributed by atoms with van der Waals surface area (Å²) in [4.78, 5) is 33.4. The van der Waals surface area contributed by atoms with Crippen molar-refractivity contribution in [1.82, 2.24) is 5.32 Å². The number of nitrogens with zero attached hydrogens (tertiary/aromatic N) is 1. The summed E-state index contributed by atoms with van der Waals surface area (Å²) in [6.45, 7) is 0. The van der Waals surface area contributed by atoms with Crippen LogP contribution in [0.3, 0.4) is 0 Å². The van der Waals surface area contributed by atoms with Crippen LogP contribution in [0.1, 0.15) is 23.1 Å². The predicted octanol–water partition coefficient (Wildman–Crippen LogP) is 3.36. The zero-order valence-electron chi connectivity index (χ0n) is 15.0. The molecule has 0 radical (unpaired) electrons. The Hall–Kier alpha value is -3.43. The highest BCUT2D eigenvalue weighted by molar-refractivity contribution is 5.79. The van der Waals surface area contributed by atoms with Gasteiger partial charge in [0.15, 0.2) is 0 Å². The minimum absolute atomic E-state index is 0.0959. The smallest absolute Gasteiger partial charge is 0.416 e. The van der Waals surface area contributed by atoms with E-state index in [1.807, 2.05) is 0 Å². The highest BCUT2D eigenvalue weighted by Crippen LogP contribution is 2.29. The first-order chi connectivity index (χ1) is 13.5. The number of carbonyl (C=O) groups excluding carboxylic acids is 1. The maximum Gasteiger partial charge on any atom is 0.416 e. The second kappa shape index (κ2) is 9.18. The lowest BCUT2D eigenvalue weighted by molar-refractivity contribution is -0.384. The van der Waals surface area contributed by atoms with E-state index in [-0.39, 0.29) is 24.1 Å². The van der Waals surface area contributed by atoms with Gasteiger partial charge in [-0.2, -0.15) is 13.2 Å². The van der Waals surface area contributed by atoms with Gasteiger partial charge in [0.05, 0.1) is 23.3 Å². The average Bonchev–Trinajstić information content (AvgIpc) is 2.61. The standard InChI is InChI=1S/C19H17F3N2O5/c20-19(21,22)14-3-1-2-13(8-14)10-17(25)23-15(11-18(26)27)9-12-4-6-16(7-5-12)24(28)29/h1-8,15H,9-11H2,(H,23,25)(H,26,27). The summed E-state index contributed by atoms with van der Waals surface area (Å²) in [5.74, 6) is -1.80. The molecule has 0 bridgehead atoms. The molecule has 154 valence electrons. The van der Waals surface area contributed by atoms with Crippen LogP contribution in [0.15, 0.2) is 48.5 Å². The first-order valence-corrected chi connectivity index (χ1v) is 8.45. The van der Waals surface area contributed by atoms with Crippen molar-refractivity contribution < 1.29 is 32.8 Å². The van der Waals surface area contributed by atoms with Crippen molar-refractivity contribution in [3.63, 3.8) is 0 Å². The summed E-state index contributed by atoms with van der Waals surface area (Å²) in [6.07, 6.45) is -5.20. The zero-order chi connectivity index (χ0) is 21.6. The molecule has 0 heterocycles. The Labute approximate surface area is 163 Å². The highest BCUT2D eigenvalue weighted by atomic mass is 19.4. The molecule has 7 nitrogen and oxygen atoms in total. The largest absolute Gasteiger partial charge is 0.481 e. The van der Waals surface area contributed by atoms with Crippen LogP contribution in [0.4, 0.5) is 18.9 Å². The second-order valence-electron chi connectivity index (χ2n) is 6.36. The molecule has 1 amide bonds. The number of hydrogen-bond donors (Lipinski definition) is 2. The number of carbonyl (C=O) groups is 2. The highest BCUT2D eigenvalue weighted by Gasteiger charge is 2.30. The van der Waals surface area contributed by atoms with Crippen LogP contribution >= 0.6 is 0 Å². The monoisotopic (exact) mass is 410 g/mol. The minimum atomic E-state index is -4.53. The Bertz CT molecular complexity index is 897. The average molecular weight is 410 g/mol. The van der Waals surface area contributed by atoms with Crippen LogP contribution < -0.4 is 5.32 Å². The van der Waals surface area contributed by atoms with E-state index in [9.17, 15) is 32.9 Å². The van der Waals surface area contributed by atoms with E-state index in [4.69, 9.17) is 5.11 Å². The fourth-order valence-corrected chi connectivity index (χ4v) is 2.74. The van der Waals surface area contributed by atoms with E-state index in [0.29, 0.717) is 5.56 Å². The molecule has 0 spiro atoms. The normalized spacial score (nSPS) is 12.2. The zero-order valence-corrected chi connectivity index (χ0v) is 15.0. The summed E-state index contributed by atoms with van der Waals surface area (Å²) >= 11 is 0. The molecule has 0 aliphatic carbocycles. The number of rotatable bonds is 8. The van der Waals surface area contributed by atoms with Gasteiger partial charge < -0.3 is 10.4 Å². The first kappa shape index (κ1) is 21.9. The third-order valence-electron chi connectivity index (χ3n) is 4.03. The Balaban J connectivity index is 2.06. The number of hydrogen-bond acceptors (Lipinski definition) is 4. The molecule has 0 aliphatic heterocycles. The van der Waals surface area contributed by atoms with Crippen LogP contribution in [0.25, 0.3) is 0 Å². The molecule has 1 unspecified atom stereocenters. The number of aliphatic carboxylic acids is 1. The van der Waals surface area contributed by atoms with E-state index >= 15 is 0 Å². The first-order valence-electron chi connectivity index (χ1n) is 8.45. The number of halogens is 3. The van der Waals surface area contributed by atoms with Crippen LogP contribution in [0, 0.1) is 10.1 Å². The van der Waals surface area contributed by atoms with E-state index < -0.39 is 41.0 Å². The molecule has 0 aliphatic rings. The fraction of sp³-hybridized carbons (Fsp3) is 0.263. The molecule has 29 heavy (non-hydrogen) atoms. The fourth-order valence-electron chi connectivity index (χ4n) is 2.74. The SMILES string of the molecule is O=C(O)CC(Cc1ccc([N+](=O)[O-])cc1)NC(=O)Cc1cccc(C(F)(F)F)c1. The van der Waals surface area contributed by atoms with Gasteiger partial charge in [0, 0.05) is 18.2 Å². The third-order valence-corrected chi connectivity index (χ3v) is 4.03. The number of non-ortho nitro benzene ring substituents is 1. The van der Waals surface area contributed by atoms with Gasteiger partial charge in [0.1, 0.15) is 0 Å². The molecule has 2 aromatic carbocycles. The van der Waals surface area contributed by atoms with Gasteiger partial charge in [0.2, 0.25) is 5.91 Å². The molecule has 2 aromatic rings. The number of benzene rings is 2. The second-order valence-corrected chi connectivity index (χ2v) is 6.36. The molecule has 2 N–H and O–H groups in total. The lowest BCUT2D eigenvalue weighted by Gasteiger charge is -2.17. The lowest BCUT2D eigenvalue weighted by Crippen LogP contribution is -2.39. The predicted molar refractivity (Wildman–Crippen MR) is 96.1 cm³/mol. The number of amides is 1. The van der Waals surface area contributed by atoms with Gasteiger partial charge in [-0.15, -0.1) is 0 Å². The topological polar surface area (TPSA) is 110 Å². The summed E-state index contributed by atoms with van der Waals surface area (Å²) in [5, 5.41) is 22.2. The molecule has 2 rings (SSSR count). The maximum atomic E-state index is 12.8. The molecule has 0 saturated heterocycles. The van der Waals surface area contributed by atoms with E-state index in [1.165, 1.54) is 36.4 Å². The molecular weight excluding hydrogens is 393 g/mol. The van der Waals surface area contributed by atoms with Crippen molar-refractivity contribution in [2.24, 2.45) is 0 Å². The number of nitro benzene ring substituents is 1. The number of carboxylic acid groups (broad SMARTS) is 1. The van der Waals surface area contributed by atoms with Crippen molar-refractivity contribution in [2.45, 2.75) is 31.5 Å². The summed E-state index contributed by atoms with van der Waals surface area (Å²) in [5.41, 5.74) is -0.296. The van der Waals surface area contributed by atoms with Gasteiger partial charge in [-0.05, 0) is 23.6 Å². The van der Waals surface area contributed by atoms with Crippen LogP contribution in [0.2, 0.25) is 0 Å². The summed E-state index contributed by atoms with van der Waals surface area (Å²) in [7, 11) is 0. The third kappa shape index (κ3) is 6.91. The van der Waals surface area contributed by atoms with Crippen LogP contribution in [-0.4, -0.2) is 27.9 Å². The molecular formula is C19H17F3N2O5. The van der Waals surface area contributed by atoms with Gasteiger partial charge in [-0.1, -0.05) is 30.3 Å². The minimum Gasteiger partial charge on any atom is -0.481 e. The van der Waals surface area contributed by atoms with E-state index in [1.54, 1.807) is 0 Å². The molecule has 0 saturated carbocycles. The van der Waals surface area contributed by atoms with Gasteiger partial charge >= 0.3 is 12.1 Å². The number of nitrogens with one attached hydrogen (secondary N) is 1.